The molecule has 0 aromatic heterocycles. The Hall–Kier alpha value is -0.840. The van der Waals surface area contributed by atoms with E-state index in [0.29, 0.717) is 17.1 Å². The van der Waals surface area contributed by atoms with Crippen molar-refractivity contribution in [1.29, 1.82) is 0 Å². The second-order valence-corrected chi connectivity index (χ2v) is 5.11. The minimum Gasteiger partial charge on any atom is -0.355 e. The van der Waals surface area contributed by atoms with Crippen LogP contribution in [0, 0.1) is 5.82 Å². The van der Waals surface area contributed by atoms with E-state index >= 15 is 0 Å². The number of carbonyl (C=O) groups excluding carboxylic acids is 1. The Morgan fingerprint density at radius 2 is 1.95 bits per heavy atom. The fourth-order valence-electron chi connectivity index (χ4n) is 1.74. The van der Waals surface area contributed by atoms with Crippen molar-refractivity contribution in [2.45, 2.75) is 32.9 Å². The summed E-state index contributed by atoms with van der Waals surface area (Å²) in [5.74, 6) is -0.639. The minimum absolute atomic E-state index is 0.0160. The molecule has 6 heteroatoms. The molecular weight excluding hydrogens is 290 g/mol. The van der Waals surface area contributed by atoms with Gasteiger partial charge in [-0.15, -0.1) is 0 Å². The Bertz CT molecular complexity index is 468. The van der Waals surface area contributed by atoms with Gasteiger partial charge in [0.1, 0.15) is 5.82 Å². The SMILES string of the molecule is CCNC(=O)[C@H](C)N[C@@H](C)c1cc(F)c(Cl)cc1Cl. The van der Waals surface area contributed by atoms with Gasteiger partial charge in [-0.3, -0.25) is 10.1 Å². The van der Waals surface area contributed by atoms with Gasteiger partial charge in [-0.05, 0) is 38.5 Å². The number of hydrogen-bond acceptors (Lipinski definition) is 2. The van der Waals surface area contributed by atoms with Gasteiger partial charge in [-0.25, -0.2) is 4.39 Å². The molecule has 1 aromatic rings. The first-order valence-electron chi connectivity index (χ1n) is 6.05. The summed E-state index contributed by atoms with van der Waals surface area (Å²) in [6.45, 7) is 5.96. The number of amides is 1. The molecule has 1 aromatic carbocycles. The van der Waals surface area contributed by atoms with E-state index < -0.39 is 11.9 Å². The molecule has 0 radical (unpaired) electrons. The van der Waals surface area contributed by atoms with Gasteiger partial charge >= 0.3 is 0 Å². The third-order valence-corrected chi connectivity index (χ3v) is 3.37. The predicted molar refractivity (Wildman–Crippen MR) is 76.1 cm³/mol. The first-order valence-corrected chi connectivity index (χ1v) is 6.80. The first-order chi connectivity index (χ1) is 8.86. The topological polar surface area (TPSA) is 41.1 Å². The van der Waals surface area contributed by atoms with E-state index in [1.54, 1.807) is 6.92 Å². The van der Waals surface area contributed by atoms with Crippen molar-refractivity contribution in [3.8, 4) is 0 Å². The van der Waals surface area contributed by atoms with E-state index in [4.69, 9.17) is 23.2 Å². The molecule has 0 spiro atoms. The van der Waals surface area contributed by atoms with Crippen LogP contribution in [0.3, 0.4) is 0 Å². The third-order valence-electron chi connectivity index (χ3n) is 2.75. The first kappa shape index (κ1) is 16.2. The molecule has 106 valence electrons. The van der Waals surface area contributed by atoms with Gasteiger partial charge in [-0.1, -0.05) is 23.2 Å². The summed E-state index contributed by atoms with van der Waals surface area (Å²) in [7, 11) is 0. The average molecular weight is 307 g/mol. The second-order valence-electron chi connectivity index (χ2n) is 4.29. The van der Waals surface area contributed by atoms with E-state index in [1.807, 2.05) is 13.8 Å². The lowest BCUT2D eigenvalue weighted by Gasteiger charge is -2.20. The van der Waals surface area contributed by atoms with E-state index in [9.17, 15) is 9.18 Å². The van der Waals surface area contributed by atoms with Crippen LogP contribution in [0.15, 0.2) is 12.1 Å². The molecule has 0 heterocycles. The van der Waals surface area contributed by atoms with Gasteiger partial charge in [0.2, 0.25) is 5.91 Å². The lowest BCUT2D eigenvalue weighted by Crippen LogP contribution is -2.43. The number of rotatable bonds is 5. The lowest BCUT2D eigenvalue weighted by molar-refractivity contribution is -0.122. The van der Waals surface area contributed by atoms with Crippen LogP contribution in [0.2, 0.25) is 10.0 Å². The van der Waals surface area contributed by atoms with Crippen molar-refractivity contribution >= 4 is 29.1 Å². The summed E-state index contributed by atoms with van der Waals surface area (Å²) >= 11 is 11.7. The van der Waals surface area contributed by atoms with Crippen molar-refractivity contribution in [3.63, 3.8) is 0 Å². The van der Waals surface area contributed by atoms with Gasteiger partial charge in [0.25, 0.3) is 0 Å². The summed E-state index contributed by atoms with van der Waals surface area (Å²) in [5, 5.41) is 6.12. The van der Waals surface area contributed by atoms with Crippen LogP contribution in [0.1, 0.15) is 32.4 Å². The summed E-state index contributed by atoms with van der Waals surface area (Å²) in [6.07, 6.45) is 0. The lowest BCUT2D eigenvalue weighted by atomic mass is 10.1. The molecule has 0 fully saturated rings. The molecule has 0 aliphatic carbocycles. The Morgan fingerprint density at radius 1 is 1.32 bits per heavy atom. The summed E-state index contributed by atoms with van der Waals surface area (Å²) in [6, 6.07) is 1.98. The standard InChI is InChI=1S/C13H17Cl2FN2O/c1-4-17-13(19)8(3)18-7(2)9-5-12(16)11(15)6-10(9)14/h5-8,18H,4H2,1-3H3,(H,17,19)/t7-,8-/m0/s1. The van der Waals surface area contributed by atoms with Crippen LogP contribution >= 0.6 is 23.2 Å². The van der Waals surface area contributed by atoms with E-state index in [0.717, 1.165) is 0 Å². The normalized spacial score (nSPS) is 14.0. The summed E-state index contributed by atoms with van der Waals surface area (Å²) < 4.78 is 13.4. The largest absolute Gasteiger partial charge is 0.355 e. The van der Waals surface area contributed by atoms with Gasteiger partial charge in [0.15, 0.2) is 0 Å². The summed E-state index contributed by atoms with van der Waals surface area (Å²) in [4.78, 5) is 11.6. The molecule has 1 rings (SSSR count). The molecule has 2 N–H and O–H groups in total. The quantitative estimate of drug-likeness (QED) is 0.820. The Balaban J connectivity index is 2.81. The van der Waals surface area contributed by atoms with Crippen LogP contribution in [-0.4, -0.2) is 18.5 Å². The number of hydrogen-bond donors (Lipinski definition) is 2. The number of likely N-dealkylation sites (N-methyl/N-ethyl adjacent to an activating group) is 1. The number of nitrogens with one attached hydrogen (secondary N) is 2. The number of carbonyl (C=O) groups is 1. The van der Waals surface area contributed by atoms with E-state index in [2.05, 4.69) is 10.6 Å². The third kappa shape index (κ3) is 4.34. The van der Waals surface area contributed by atoms with Crippen molar-refractivity contribution in [2.75, 3.05) is 6.54 Å². The van der Waals surface area contributed by atoms with Gasteiger partial charge in [0.05, 0.1) is 11.1 Å². The zero-order valence-electron chi connectivity index (χ0n) is 11.1. The zero-order chi connectivity index (χ0) is 14.6. The molecule has 3 nitrogen and oxygen atoms in total. The summed E-state index contributed by atoms with van der Waals surface area (Å²) in [5.41, 5.74) is 0.569. The molecule has 0 aliphatic heterocycles. The molecule has 2 atom stereocenters. The smallest absolute Gasteiger partial charge is 0.236 e. The highest BCUT2D eigenvalue weighted by Crippen LogP contribution is 2.28. The molecule has 0 unspecified atom stereocenters. The molecule has 19 heavy (non-hydrogen) atoms. The maximum atomic E-state index is 13.4. The maximum Gasteiger partial charge on any atom is 0.236 e. The molecule has 0 aliphatic rings. The van der Waals surface area contributed by atoms with Gasteiger partial charge in [0, 0.05) is 17.6 Å². The van der Waals surface area contributed by atoms with Crippen molar-refractivity contribution in [2.24, 2.45) is 0 Å². The molecule has 0 saturated heterocycles. The highest BCUT2D eigenvalue weighted by molar-refractivity contribution is 6.35. The highest BCUT2D eigenvalue weighted by Gasteiger charge is 2.18. The van der Waals surface area contributed by atoms with Gasteiger partial charge < -0.3 is 5.32 Å². The van der Waals surface area contributed by atoms with Crippen molar-refractivity contribution < 1.29 is 9.18 Å². The van der Waals surface area contributed by atoms with Crippen LogP contribution in [0.25, 0.3) is 0 Å². The highest BCUT2D eigenvalue weighted by atomic mass is 35.5. The fourth-order valence-corrected chi connectivity index (χ4v) is 2.28. The maximum absolute atomic E-state index is 13.4. The Morgan fingerprint density at radius 3 is 2.53 bits per heavy atom. The van der Waals surface area contributed by atoms with Crippen LogP contribution in [0.5, 0.6) is 0 Å². The molecular formula is C13H17Cl2FN2O. The fraction of sp³-hybridized carbons (Fsp3) is 0.462. The van der Waals surface area contributed by atoms with Crippen LogP contribution in [-0.2, 0) is 4.79 Å². The van der Waals surface area contributed by atoms with Crippen LogP contribution in [0.4, 0.5) is 4.39 Å². The zero-order valence-corrected chi connectivity index (χ0v) is 12.6. The second kappa shape index (κ2) is 7.08. The number of benzene rings is 1. The minimum atomic E-state index is -0.527. The van der Waals surface area contributed by atoms with E-state index in [1.165, 1.54) is 12.1 Å². The Labute approximate surface area is 122 Å². The molecule has 0 saturated carbocycles. The van der Waals surface area contributed by atoms with Crippen molar-refractivity contribution in [1.82, 2.24) is 10.6 Å². The average Bonchev–Trinajstić information content (AvgIpc) is 2.33. The monoisotopic (exact) mass is 306 g/mol. The van der Waals surface area contributed by atoms with Gasteiger partial charge in [-0.2, -0.15) is 0 Å². The van der Waals surface area contributed by atoms with E-state index in [-0.39, 0.29) is 17.0 Å². The number of halogens is 3. The molecule has 0 bridgehead atoms. The van der Waals surface area contributed by atoms with Crippen LogP contribution < -0.4 is 10.6 Å². The Kier molecular flexibility index (Phi) is 6.04. The predicted octanol–water partition coefficient (Wildman–Crippen LogP) is 3.31. The van der Waals surface area contributed by atoms with Crippen molar-refractivity contribution in [3.05, 3.63) is 33.6 Å². The molecule has 1 amide bonds.